The van der Waals surface area contributed by atoms with Crippen molar-refractivity contribution in [2.24, 2.45) is 0 Å². The molecule has 0 aromatic carbocycles. The first kappa shape index (κ1) is 19.3. The van der Waals surface area contributed by atoms with E-state index < -0.39 is 5.54 Å². The first-order chi connectivity index (χ1) is 12.9. The molecule has 8 heteroatoms. The number of thiazole rings is 1. The highest BCUT2D eigenvalue weighted by molar-refractivity contribution is 7.09. The van der Waals surface area contributed by atoms with Crippen LogP contribution in [0.2, 0.25) is 0 Å². The summed E-state index contributed by atoms with van der Waals surface area (Å²) in [5, 5.41) is 21.6. The highest BCUT2D eigenvalue weighted by atomic mass is 32.1. The van der Waals surface area contributed by atoms with Crippen LogP contribution in [-0.2, 0) is 6.61 Å². The number of rotatable bonds is 7. The Balaban J connectivity index is 1.88. The lowest BCUT2D eigenvalue weighted by Gasteiger charge is -2.26. The van der Waals surface area contributed by atoms with Crippen LogP contribution in [0.5, 0.6) is 5.75 Å². The number of hydrogen-bond acceptors (Lipinski definition) is 6. The molecule has 0 aliphatic rings. The van der Waals surface area contributed by atoms with Gasteiger partial charge < -0.3 is 24.7 Å². The maximum absolute atomic E-state index is 12.8. The van der Waals surface area contributed by atoms with Crippen molar-refractivity contribution in [1.82, 2.24) is 14.7 Å². The Labute approximate surface area is 161 Å². The molecule has 7 nitrogen and oxygen atoms in total. The number of amides is 1. The van der Waals surface area contributed by atoms with Crippen molar-refractivity contribution in [2.45, 2.75) is 32.9 Å². The molecule has 0 spiro atoms. The monoisotopic (exact) mass is 389 g/mol. The van der Waals surface area contributed by atoms with Crippen LogP contribution in [0.3, 0.4) is 0 Å². The summed E-state index contributed by atoms with van der Waals surface area (Å²) in [6, 6.07) is 5.65. The zero-order valence-corrected chi connectivity index (χ0v) is 16.3. The van der Waals surface area contributed by atoms with Crippen LogP contribution in [0.15, 0.2) is 29.9 Å². The van der Waals surface area contributed by atoms with Crippen LogP contribution >= 0.6 is 11.3 Å². The zero-order valence-electron chi connectivity index (χ0n) is 15.5. The molecule has 3 heterocycles. The summed E-state index contributed by atoms with van der Waals surface area (Å²) in [6.07, 6.45) is 1.77. The van der Waals surface area contributed by atoms with Crippen LogP contribution in [-0.4, -0.2) is 44.3 Å². The van der Waals surface area contributed by atoms with E-state index in [2.05, 4.69) is 10.3 Å². The first-order valence-electron chi connectivity index (χ1n) is 8.54. The van der Waals surface area contributed by atoms with Gasteiger partial charge in [0.05, 0.1) is 41.0 Å². The summed E-state index contributed by atoms with van der Waals surface area (Å²) < 4.78 is 7.62. The Bertz CT molecular complexity index is 959. The Morgan fingerprint density at radius 1 is 1.33 bits per heavy atom. The average molecular weight is 389 g/mol. The Kier molecular flexibility index (Phi) is 5.50. The van der Waals surface area contributed by atoms with Gasteiger partial charge in [-0.25, -0.2) is 4.98 Å². The number of aliphatic hydroxyl groups excluding tert-OH is 2. The number of aliphatic hydroxyl groups is 2. The molecule has 0 radical (unpaired) electrons. The van der Waals surface area contributed by atoms with Gasteiger partial charge in [-0.05, 0) is 44.5 Å². The largest absolute Gasteiger partial charge is 0.486 e. The number of hydrogen-bond donors (Lipinski definition) is 3. The lowest BCUT2D eigenvalue weighted by atomic mass is 10.1. The Morgan fingerprint density at radius 3 is 2.70 bits per heavy atom. The molecule has 0 unspecified atom stereocenters. The minimum absolute atomic E-state index is 0.361. The fourth-order valence-corrected chi connectivity index (χ4v) is 3.42. The van der Waals surface area contributed by atoms with E-state index in [-0.39, 0.29) is 19.1 Å². The van der Waals surface area contributed by atoms with E-state index >= 15 is 0 Å². The average Bonchev–Trinajstić information content (AvgIpc) is 3.21. The van der Waals surface area contributed by atoms with Crippen molar-refractivity contribution >= 4 is 22.8 Å². The molecule has 0 atom stereocenters. The van der Waals surface area contributed by atoms with Gasteiger partial charge in [0.2, 0.25) is 0 Å². The smallest absolute Gasteiger partial charge is 0.269 e. The summed E-state index contributed by atoms with van der Waals surface area (Å²) >= 11 is 1.54. The molecule has 0 bridgehead atoms. The number of fused-ring (bicyclic) bond motifs is 1. The van der Waals surface area contributed by atoms with E-state index in [1.165, 1.54) is 0 Å². The third kappa shape index (κ3) is 3.97. The predicted molar refractivity (Wildman–Crippen MR) is 103 cm³/mol. The summed E-state index contributed by atoms with van der Waals surface area (Å²) in [7, 11) is 0. The maximum atomic E-state index is 12.8. The van der Waals surface area contributed by atoms with Crippen LogP contribution in [0.4, 0.5) is 0 Å². The van der Waals surface area contributed by atoms with E-state index in [9.17, 15) is 15.0 Å². The van der Waals surface area contributed by atoms with Crippen molar-refractivity contribution in [3.8, 4) is 5.75 Å². The number of carbonyl (C=O) groups excluding carboxylic acids is 1. The van der Waals surface area contributed by atoms with E-state index in [1.54, 1.807) is 34.4 Å². The standard InChI is InChI=1S/C19H23N3O4S/c1-12-6-14-4-5-15(26-8-16-13(2)20-11-27-16)7-22(14)17(12)18(25)21-19(3,9-23)10-24/h4-7,11,23-24H,8-10H2,1-3H3,(H,21,25). The quantitative estimate of drug-likeness (QED) is 0.575. The number of carbonyl (C=O) groups is 1. The minimum atomic E-state index is -1.09. The first-order valence-corrected chi connectivity index (χ1v) is 9.42. The molecule has 3 aromatic heterocycles. The molecular formula is C19H23N3O4S. The van der Waals surface area contributed by atoms with Gasteiger partial charge in [-0.15, -0.1) is 11.3 Å². The maximum Gasteiger partial charge on any atom is 0.269 e. The molecule has 0 aliphatic heterocycles. The van der Waals surface area contributed by atoms with Gasteiger partial charge in [0.15, 0.2) is 0 Å². The molecule has 3 aromatic rings. The third-order valence-electron chi connectivity index (χ3n) is 4.47. The molecule has 144 valence electrons. The Hall–Kier alpha value is -2.42. The van der Waals surface area contributed by atoms with E-state index in [4.69, 9.17) is 4.74 Å². The molecule has 0 aliphatic carbocycles. The van der Waals surface area contributed by atoms with Crippen LogP contribution < -0.4 is 10.1 Å². The third-order valence-corrected chi connectivity index (χ3v) is 5.38. The second-order valence-electron chi connectivity index (χ2n) is 6.82. The number of nitrogens with zero attached hydrogens (tertiary/aromatic N) is 2. The normalized spacial score (nSPS) is 11.7. The van der Waals surface area contributed by atoms with E-state index in [0.29, 0.717) is 18.1 Å². The number of nitrogens with one attached hydrogen (secondary N) is 1. The van der Waals surface area contributed by atoms with Gasteiger partial charge in [-0.3, -0.25) is 4.79 Å². The van der Waals surface area contributed by atoms with Gasteiger partial charge in [-0.1, -0.05) is 0 Å². The van der Waals surface area contributed by atoms with Gasteiger partial charge >= 0.3 is 0 Å². The molecule has 0 saturated carbocycles. The summed E-state index contributed by atoms with van der Waals surface area (Å²) in [6.45, 7) is 5.06. The second kappa shape index (κ2) is 7.67. The van der Waals surface area contributed by atoms with Gasteiger partial charge in [-0.2, -0.15) is 0 Å². The molecule has 27 heavy (non-hydrogen) atoms. The molecule has 1 amide bonds. The van der Waals surface area contributed by atoms with E-state index in [0.717, 1.165) is 21.7 Å². The topological polar surface area (TPSA) is 96.1 Å². The van der Waals surface area contributed by atoms with Crippen LogP contribution in [0.25, 0.3) is 5.52 Å². The summed E-state index contributed by atoms with van der Waals surface area (Å²) in [4.78, 5) is 18.0. The van der Waals surface area contributed by atoms with Crippen LogP contribution in [0, 0.1) is 13.8 Å². The fourth-order valence-electron chi connectivity index (χ4n) is 2.73. The second-order valence-corrected chi connectivity index (χ2v) is 7.76. The summed E-state index contributed by atoms with van der Waals surface area (Å²) in [5.41, 5.74) is 3.73. The van der Waals surface area contributed by atoms with Crippen molar-refractivity contribution in [3.05, 3.63) is 51.7 Å². The lowest BCUT2D eigenvalue weighted by molar-refractivity contribution is 0.0718. The highest BCUT2D eigenvalue weighted by Crippen LogP contribution is 2.23. The SMILES string of the molecule is Cc1cc2ccc(OCc3scnc3C)cn2c1C(=O)NC(C)(CO)CO. The van der Waals surface area contributed by atoms with Crippen molar-refractivity contribution < 1.29 is 19.7 Å². The van der Waals surface area contributed by atoms with Gasteiger partial charge in [0.25, 0.3) is 5.91 Å². The highest BCUT2D eigenvalue weighted by Gasteiger charge is 2.27. The lowest BCUT2D eigenvalue weighted by Crippen LogP contribution is -2.52. The van der Waals surface area contributed by atoms with E-state index in [1.807, 2.05) is 32.0 Å². The van der Waals surface area contributed by atoms with Crippen molar-refractivity contribution in [1.29, 1.82) is 0 Å². The number of ether oxygens (including phenoxy) is 1. The molecule has 3 N–H and O–H groups in total. The Morgan fingerprint density at radius 2 is 2.07 bits per heavy atom. The van der Waals surface area contributed by atoms with Crippen molar-refractivity contribution in [2.75, 3.05) is 13.2 Å². The predicted octanol–water partition coefficient (Wildman–Crippen LogP) is 2.06. The molecule has 3 rings (SSSR count). The molecular weight excluding hydrogens is 366 g/mol. The molecule has 0 saturated heterocycles. The van der Waals surface area contributed by atoms with Crippen molar-refractivity contribution in [3.63, 3.8) is 0 Å². The van der Waals surface area contributed by atoms with Gasteiger partial charge in [0, 0.05) is 5.52 Å². The fraction of sp³-hybridized carbons (Fsp3) is 0.368. The number of pyridine rings is 1. The summed E-state index contributed by atoms with van der Waals surface area (Å²) in [5.74, 6) is 0.264. The van der Waals surface area contributed by atoms with Gasteiger partial charge in [0.1, 0.15) is 18.1 Å². The van der Waals surface area contributed by atoms with Crippen LogP contribution in [0.1, 0.15) is 33.5 Å². The zero-order chi connectivity index (χ0) is 19.6. The number of aromatic nitrogens is 2. The molecule has 0 fully saturated rings. The number of aryl methyl sites for hydroxylation is 2. The minimum Gasteiger partial charge on any atom is -0.486 e.